The SMILES string of the molecule is C=CC[SiH2]N[SiH3]. The molecular weight excluding hydrogens is 106 g/mol. The molecule has 1 N–H and O–H groups in total. The standard InChI is InChI=1S/C3H11NSi2/c1-2-3-6-4-5/h2,4H,1,3,6H2,5H3. The van der Waals surface area contributed by atoms with E-state index < -0.39 is 0 Å². The lowest BCUT2D eigenvalue weighted by atomic mass is 10.8. The van der Waals surface area contributed by atoms with Crippen molar-refractivity contribution in [2.45, 2.75) is 6.04 Å². The highest BCUT2D eigenvalue weighted by atomic mass is 28.3. The summed E-state index contributed by atoms with van der Waals surface area (Å²) in [7, 11) is 1.28. The molecule has 36 valence electrons. The first kappa shape index (κ1) is 6.13. The van der Waals surface area contributed by atoms with Crippen LogP contribution in [0.1, 0.15) is 0 Å². The Morgan fingerprint density at radius 1 is 2.00 bits per heavy atom. The molecule has 0 aromatic carbocycles. The van der Waals surface area contributed by atoms with Gasteiger partial charge in [0.25, 0.3) is 0 Å². The lowest BCUT2D eigenvalue weighted by molar-refractivity contribution is 1.54. The summed E-state index contributed by atoms with van der Waals surface area (Å²) in [6, 6.07) is 1.24. The van der Waals surface area contributed by atoms with Gasteiger partial charge < -0.3 is 4.65 Å². The number of hydrogen-bond donors (Lipinski definition) is 1. The first-order valence-corrected chi connectivity index (χ1v) is 4.88. The van der Waals surface area contributed by atoms with E-state index in [0.29, 0.717) is 0 Å². The lowest BCUT2D eigenvalue weighted by Gasteiger charge is -1.85. The van der Waals surface area contributed by atoms with E-state index in [1.165, 1.54) is 16.4 Å². The minimum absolute atomic E-state index is 0.115. The van der Waals surface area contributed by atoms with E-state index in [4.69, 9.17) is 0 Å². The molecule has 0 aromatic heterocycles. The molecule has 6 heavy (non-hydrogen) atoms. The molecule has 0 saturated carbocycles. The first-order chi connectivity index (χ1) is 2.91. The summed E-state index contributed by atoms with van der Waals surface area (Å²) < 4.78 is 3.28. The van der Waals surface area contributed by atoms with Crippen LogP contribution in [0.2, 0.25) is 6.04 Å². The lowest BCUT2D eigenvalue weighted by Crippen LogP contribution is -2.12. The van der Waals surface area contributed by atoms with Crippen LogP contribution < -0.4 is 4.65 Å². The number of allylic oxidation sites excluding steroid dienone is 1. The van der Waals surface area contributed by atoms with Crippen LogP contribution in [0.25, 0.3) is 0 Å². The van der Waals surface area contributed by atoms with Crippen LogP contribution in [0.5, 0.6) is 0 Å². The Labute approximate surface area is 44.2 Å². The average molecular weight is 117 g/mol. The van der Waals surface area contributed by atoms with E-state index in [2.05, 4.69) is 11.2 Å². The molecule has 0 radical (unpaired) electrons. The second kappa shape index (κ2) is 5.13. The van der Waals surface area contributed by atoms with E-state index >= 15 is 0 Å². The van der Waals surface area contributed by atoms with Crippen molar-refractivity contribution in [3.05, 3.63) is 12.7 Å². The highest BCUT2D eigenvalue weighted by molar-refractivity contribution is 6.42. The zero-order chi connectivity index (χ0) is 4.83. The summed E-state index contributed by atoms with van der Waals surface area (Å²) in [4.78, 5) is 0. The summed E-state index contributed by atoms with van der Waals surface area (Å²) >= 11 is 0. The van der Waals surface area contributed by atoms with Gasteiger partial charge in [-0.2, -0.15) is 0 Å². The highest BCUT2D eigenvalue weighted by Crippen LogP contribution is 1.69. The topological polar surface area (TPSA) is 12.0 Å². The number of rotatable bonds is 3. The summed E-state index contributed by atoms with van der Waals surface area (Å²) in [5.74, 6) is 0. The molecule has 0 heterocycles. The van der Waals surface area contributed by atoms with Gasteiger partial charge in [-0.15, -0.1) is 6.58 Å². The first-order valence-electron chi connectivity index (χ1n) is 2.17. The van der Waals surface area contributed by atoms with Crippen molar-refractivity contribution >= 4 is 20.1 Å². The van der Waals surface area contributed by atoms with Crippen LogP contribution in [0.3, 0.4) is 0 Å². The molecule has 0 aromatic rings. The minimum atomic E-state index is 0.115. The summed E-state index contributed by atoms with van der Waals surface area (Å²) in [5, 5.41) is 0. The molecule has 0 rings (SSSR count). The Kier molecular flexibility index (Phi) is 5.25. The second-order valence-corrected chi connectivity index (χ2v) is 5.09. The van der Waals surface area contributed by atoms with Crippen LogP contribution in [0.4, 0.5) is 0 Å². The van der Waals surface area contributed by atoms with Crippen LogP contribution in [-0.4, -0.2) is 20.1 Å². The highest BCUT2D eigenvalue weighted by Gasteiger charge is 1.70. The van der Waals surface area contributed by atoms with Gasteiger partial charge in [0.1, 0.15) is 0 Å². The van der Waals surface area contributed by atoms with E-state index in [1.54, 1.807) is 0 Å². The van der Waals surface area contributed by atoms with Gasteiger partial charge >= 0.3 is 0 Å². The molecular formula is C3H11NSi2. The zero-order valence-corrected chi connectivity index (χ0v) is 7.61. The Balaban J connectivity index is 2.49. The van der Waals surface area contributed by atoms with E-state index in [-0.39, 0.29) is 9.68 Å². The second-order valence-electron chi connectivity index (χ2n) is 1.18. The zero-order valence-electron chi connectivity index (χ0n) is 4.20. The summed E-state index contributed by atoms with van der Waals surface area (Å²) in [5.41, 5.74) is 0. The molecule has 3 heteroatoms. The third-order valence-electron chi connectivity index (χ3n) is 0.598. The Morgan fingerprint density at radius 3 is 2.83 bits per heavy atom. The van der Waals surface area contributed by atoms with E-state index in [9.17, 15) is 0 Å². The quantitative estimate of drug-likeness (QED) is 0.271. The van der Waals surface area contributed by atoms with Crippen LogP contribution in [0.15, 0.2) is 12.7 Å². The van der Waals surface area contributed by atoms with Gasteiger partial charge in [0.15, 0.2) is 0 Å². The van der Waals surface area contributed by atoms with Crippen molar-refractivity contribution in [3.8, 4) is 0 Å². The molecule has 0 saturated heterocycles. The maximum absolute atomic E-state index is 3.61. The van der Waals surface area contributed by atoms with Gasteiger partial charge in [0.05, 0.1) is 20.1 Å². The van der Waals surface area contributed by atoms with Crippen molar-refractivity contribution in [2.75, 3.05) is 0 Å². The van der Waals surface area contributed by atoms with E-state index in [0.717, 1.165) is 0 Å². The van der Waals surface area contributed by atoms with Crippen molar-refractivity contribution in [2.24, 2.45) is 0 Å². The molecule has 0 spiro atoms. The van der Waals surface area contributed by atoms with Gasteiger partial charge in [0, 0.05) is 0 Å². The fourth-order valence-corrected chi connectivity index (χ4v) is 1.61. The normalized spacial score (nSPS) is 10.7. The predicted molar refractivity (Wildman–Crippen MR) is 36.6 cm³/mol. The van der Waals surface area contributed by atoms with Crippen molar-refractivity contribution in [3.63, 3.8) is 0 Å². The maximum Gasteiger partial charge on any atom is 0.0880 e. The Hall–Kier alpha value is 0.134. The number of nitrogens with one attached hydrogen (secondary N) is 1. The van der Waals surface area contributed by atoms with E-state index in [1.807, 2.05) is 6.08 Å². The molecule has 0 unspecified atom stereocenters. The third kappa shape index (κ3) is 4.13. The predicted octanol–water partition coefficient (Wildman–Crippen LogP) is -1.46. The van der Waals surface area contributed by atoms with Gasteiger partial charge in [-0.25, -0.2) is 0 Å². The van der Waals surface area contributed by atoms with Gasteiger partial charge in [0.2, 0.25) is 0 Å². The van der Waals surface area contributed by atoms with Crippen molar-refractivity contribution < 1.29 is 0 Å². The summed E-state index contributed by atoms with van der Waals surface area (Å²) in [6.45, 7) is 3.61. The molecule has 0 amide bonds. The van der Waals surface area contributed by atoms with Gasteiger partial charge in [-0.1, -0.05) is 6.08 Å². The fraction of sp³-hybridized carbons (Fsp3) is 0.333. The van der Waals surface area contributed by atoms with Gasteiger partial charge in [-0.3, -0.25) is 0 Å². The molecule has 0 aliphatic rings. The molecule has 0 atom stereocenters. The monoisotopic (exact) mass is 117 g/mol. The van der Waals surface area contributed by atoms with Crippen LogP contribution in [0, 0.1) is 0 Å². The largest absolute Gasteiger partial charge is 0.371 e. The summed E-state index contributed by atoms with van der Waals surface area (Å²) in [6.07, 6.45) is 1.98. The van der Waals surface area contributed by atoms with Crippen LogP contribution in [-0.2, 0) is 0 Å². The Bertz CT molecular complexity index is 37.8. The smallest absolute Gasteiger partial charge is 0.0880 e. The van der Waals surface area contributed by atoms with Gasteiger partial charge in [-0.05, 0) is 6.04 Å². The maximum atomic E-state index is 3.61. The average Bonchev–Trinajstić information content (AvgIpc) is 1.61. The minimum Gasteiger partial charge on any atom is -0.371 e. The number of hydrogen-bond acceptors (Lipinski definition) is 1. The third-order valence-corrected chi connectivity index (χ3v) is 3.30. The van der Waals surface area contributed by atoms with Crippen LogP contribution >= 0.6 is 0 Å². The van der Waals surface area contributed by atoms with Crippen molar-refractivity contribution in [1.82, 2.24) is 4.65 Å². The molecule has 0 aliphatic carbocycles. The fourth-order valence-electron chi connectivity index (χ4n) is 0.246. The molecule has 0 bridgehead atoms. The molecule has 0 aliphatic heterocycles. The molecule has 0 fully saturated rings. The van der Waals surface area contributed by atoms with Crippen molar-refractivity contribution in [1.29, 1.82) is 0 Å². The Morgan fingerprint density at radius 2 is 2.67 bits per heavy atom. The molecule has 1 nitrogen and oxygen atoms in total.